The van der Waals surface area contributed by atoms with Crippen molar-refractivity contribution < 1.29 is 0 Å². The molecular weight excluding hydrogens is 264 g/mol. The Labute approximate surface area is 119 Å². The summed E-state index contributed by atoms with van der Waals surface area (Å²) in [5.41, 5.74) is 7.56. The molecule has 1 aromatic carbocycles. The standard InChI is InChI=1S/C14H19ClN2S/c1-9(2)8-17(10-3-4-10)11-5-6-12(14(16)18)13(15)7-11/h5-7,9-10H,3-4,8H2,1-2H3,(H2,16,18). The highest BCUT2D eigenvalue weighted by Gasteiger charge is 2.29. The lowest BCUT2D eigenvalue weighted by molar-refractivity contribution is 0.607. The summed E-state index contributed by atoms with van der Waals surface area (Å²) in [5.74, 6) is 0.639. The minimum atomic E-state index is 0.355. The molecule has 1 saturated carbocycles. The second kappa shape index (κ2) is 5.45. The van der Waals surface area contributed by atoms with E-state index in [0.717, 1.165) is 12.1 Å². The minimum Gasteiger partial charge on any atom is -0.389 e. The van der Waals surface area contributed by atoms with Crippen LogP contribution >= 0.6 is 23.8 Å². The fourth-order valence-corrected chi connectivity index (χ4v) is 2.64. The number of hydrogen-bond donors (Lipinski definition) is 1. The SMILES string of the molecule is CC(C)CN(c1ccc(C(N)=S)c(Cl)c1)C1CC1. The van der Waals surface area contributed by atoms with Crippen molar-refractivity contribution in [1.82, 2.24) is 0 Å². The first-order chi connectivity index (χ1) is 8.49. The number of halogens is 1. The topological polar surface area (TPSA) is 29.3 Å². The summed E-state index contributed by atoms with van der Waals surface area (Å²) >= 11 is 11.2. The summed E-state index contributed by atoms with van der Waals surface area (Å²) in [6, 6.07) is 6.66. The van der Waals surface area contributed by atoms with Crippen LogP contribution in [0.3, 0.4) is 0 Å². The smallest absolute Gasteiger partial charge is 0.105 e. The first-order valence-electron chi connectivity index (χ1n) is 6.35. The third-order valence-corrected chi connectivity index (χ3v) is 3.63. The minimum absolute atomic E-state index is 0.355. The second-order valence-corrected chi connectivity index (χ2v) is 6.15. The van der Waals surface area contributed by atoms with Gasteiger partial charge in [-0.05, 0) is 37.0 Å². The van der Waals surface area contributed by atoms with Gasteiger partial charge in [0.25, 0.3) is 0 Å². The normalized spacial score (nSPS) is 14.9. The van der Waals surface area contributed by atoms with Gasteiger partial charge in [-0.1, -0.05) is 37.7 Å². The summed E-state index contributed by atoms with van der Waals surface area (Å²) in [6.07, 6.45) is 2.56. The summed E-state index contributed by atoms with van der Waals surface area (Å²) in [7, 11) is 0. The van der Waals surface area contributed by atoms with Crippen LogP contribution in [0.4, 0.5) is 5.69 Å². The van der Waals surface area contributed by atoms with Crippen LogP contribution in [-0.2, 0) is 0 Å². The zero-order valence-electron chi connectivity index (χ0n) is 10.8. The van der Waals surface area contributed by atoms with Gasteiger partial charge in [0.2, 0.25) is 0 Å². The van der Waals surface area contributed by atoms with Crippen LogP contribution in [0.2, 0.25) is 5.02 Å². The molecule has 0 amide bonds. The lowest BCUT2D eigenvalue weighted by Crippen LogP contribution is -2.29. The molecule has 2 nitrogen and oxygen atoms in total. The summed E-state index contributed by atoms with van der Waals surface area (Å²) in [5, 5.41) is 0.648. The summed E-state index contributed by atoms with van der Waals surface area (Å²) < 4.78 is 0. The number of thiocarbonyl (C=S) groups is 1. The van der Waals surface area contributed by atoms with E-state index in [1.54, 1.807) is 0 Å². The van der Waals surface area contributed by atoms with E-state index in [-0.39, 0.29) is 0 Å². The molecule has 4 heteroatoms. The lowest BCUT2D eigenvalue weighted by atomic mass is 10.1. The highest BCUT2D eigenvalue weighted by Crippen LogP contribution is 2.34. The second-order valence-electron chi connectivity index (χ2n) is 5.31. The molecule has 1 aromatic rings. The maximum absolute atomic E-state index is 6.24. The van der Waals surface area contributed by atoms with Crippen molar-refractivity contribution in [2.45, 2.75) is 32.7 Å². The van der Waals surface area contributed by atoms with Crippen molar-refractivity contribution in [1.29, 1.82) is 0 Å². The van der Waals surface area contributed by atoms with E-state index in [1.807, 2.05) is 12.1 Å². The molecule has 0 atom stereocenters. The van der Waals surface area contributed by atoms with Crippen LogP contribution in [-0.4, -0.2) is 17.6 Å². The molecule has 0 bridgehead atoms. The van der Waals surface area contributed by atoms with E-state index in [1.165, 1.54) is 18.5 Å². The molecule has 0 radical (unpaired) electrons. The van der Waals surface area contributed by atoms with Crippen LogP contribution in [0, 0.1) is 5.92 Å². The Balaban J connectivity index is 2.25. The number of rotatable bonds is 5. The molecule has 0 aromatic heterocycles. The fraction of sp³-hybridized carbons (Fsp3) is 0.500. The number of benzene rings is 1. The number of anilines is 1. The average Bonchev–Trinajstić information content (AvgIpc) is 3.08. The molecule has 1 aliphatic carbocycles. The van der Waals surface area contributed by atoms with Crippen molar-refractivity contribution in [2.75, 3.05) is 11.4 Å². The molecular formula is C14H19ClN2S. The summed E-state index contributed by atoms with van der Waals surface area (Å²) in [4.78, 5) is 2.80. The maximum Gasteiger partial charge on any atom is 0.105 e. The maximum atomic E-state index is 6.24. The largest absolute Gasteiger partial charge is 0.389 e. The van der Waals surface area contributed by atoms with Gasteiger partial charge in [0.05, 0.1) is 5.02 Å². The molecule has 1 aliphatic rings. The van der Waals surface area contributed by atoms with Gasteiger partial charge < -0.3 is 10.6 Å². The third-order valence-electron chi connectivity index (χ3n) is 3.10. The van der Waals surface area contributed by atoms with Crippen LogP contribution < -0.4 is 10.6 Å². The molecule has 98 valence electrons. The van der Waals surface area contributed by atoms with E-state index in [0.29, 0.717) is 22.0 Å². The Kier molecular flexibility index (Phi) is 4.13. The monoisotopic (exact) mass is 282 g/mol. The van der Waals surface area contributed by atoms with Crippen LogP contribution in [0.1, 0.15) is 32.3 Å². The van der Waals surface area contributed by atoms with Gasteiger partial charge in [0.15, 0.2) is 0 Å². The quantitative estimate of drug-likeness (QED) is 0.837. The first kappa shape index (κ1) is 13.6. The van der Waals surface area contributed by atoms with Gasteiger partial charge in [-0.25, -0.2) is 0 Å². The number of nitrogens with zero attached hydrogens (tertiary/aromatic N) is 1. The molecule has 0 heterocycles. The van der Waals surface area contributed by atoms with Gasteiger partial charge in [-0.2, -0.15) is 0 Å². The number of hydrogen-bond acceptors (Lipinski definition) is 2. The third kappa shape index (κ3) is 3.15. The zero-order valence-corrected chi connectivity index (χ0v) is 12.4. The van der Waals surface area contributed by atoms with E-state index >= 15 is 0 Å². The Bertz CT molecular complexity index is 455. The predicted molar refractivity (Wildman–Crippen MR) is 82.5 cm³/mol. The lowest BCUT2D eigenvalue weighted by Gasteiger charge is -2.27. The average molecular weight is 283 g/mol. The van der Waals surface area contributed by atoms with Crippen molar-refractivity contribution >= 4 is 34.5 Å². The Hall–Kier alpha value is -0.800. The van der Waals surface area contributed by atoms with Gasteiger partial charge in [0.1, 0.15) is 4.99 Å². The van der Waals surface area contributed by atoms with Crippen LogP contribution in [0.15, 0.2) is 18.2 Å². The Morgan fingerprint density at radius 3 is 2.61 bits per heavy atom. The van der Waals surface area contributed by atoms with Crippen molar-refractivity contribution in [3.8, 4) is 0 Å². The zero-order chi connectivity index (χ0) is 13.3. The highest BCUT2D eigenvalue weighted by atomic mass is 35.5. The predicted octanol–water partition coefficient (Wildman–Crippen LogP) is 3.60. The Morgan fingerprint density at radius 2 is 2.17 bits per heavy atom. The van der Waals surface area contributed by atoms with Crippen molar-refractivity contribution in [3.63, 3.8) is 0 Å². The molecule has 0 spiro atoms. The van der Waals surface area contributed by atoms with Gasteiger partial charge >= 0.3 is 0 Å². The van der Waals surface area contributed by atoms with Crippen LogP contribution in [0.25, 0.3) is 0 Å². The first-order valence-corrected chi connectivity index (χ1v) is 7.13. The highest BCUT2D eigenvalue weighted by molar-refractivity contribution is 7.80. The van der Waals surface area contributed by atoms with E-state index in [2.05, 4.69) is 24.8 Å². The van der Waals surface area contributed by atoms with Crippen molar-refractivity contribution in [3.05, 3.63) is 28.8 Å². The van der Waals surface area contributed by atoms with Gasteiger partial charge in [-0.3, -0.25) is 0 Å². The van der Waals surface area contributed by atoms with E-state index in [9.17, 15) is 0 Å². The Morgan fingerprint density at radius 1 is 1.50 bits per heavy atom. The molecule has 0 aliphatic heterocycles. The summed E-state index contributed by atoms with van der Waals surface area (Å²) in [6.45, 7) is 5.54. The molecule has 2 N–H and O–H groups in total. The molecule has 18 heavy (non-hydrogen) atoms. The van der Waals surface area contributed by atoms with Gasteiger partial charge in [0, 0.05) is 23.8 Å². The van der Waals surface area contributed by atoms with E-state index < -0.39 is 0 Å². The fourth-order valence-electron chi connectivity index (χ4n) is 2.13. The molecule has 0 unspecified atom stereocenters. The molecule has 0 saturated heterocycles. The van der Waals surface area contributed by atoms with Gasteiger partial charge in [-0.15, -0.1) is 0 Å². The molecule has 1 fully saturated rings. The number of nitrogens with two attached hydrogens (primary N) is 1. The van der Waals surface area contributed by atoms with Crippen molar-refractivity contribution in [2.24, 2.45) is 11.7 Å². The van der Waals surface area contributed by atoms with E-state index in [4.69, 9.17) is 29.6 Å². The van der Waals surface area contributed by atoms with Crippen LogP contribution in [0.5, 0.6) is 0 Å². The molecule has 2 rings (SSSR count).